The van der Waals surface area contributed by atoms with Gasteiger partial charge in [0, 0.05) is 47.3 Å². The number of anilines is 3. The summed E-state index contributed by atoms with van der Waals surface area (Å²) >= 11 is 0. The molecule has 1 aromatic heterocycles. The number of piperidine rings is 2. The Bertz CT molecular complexity index is 834. The molecule has 3 heterocycles. The first-order valence-corrected chi connectivity index (χ1v) is 15.5. The third-order valence-electron chi connectivity index (χ3n) is 9.75. The van der Waals surface area contributed by atoms with Crippen LogP contribution in [0.5, 0.6) is 0 Å². The van der Waals surface area contributed by atoms with Crippen molar-refractivity contribution in [3.05, 3.63) is 0 Å². The minimum atomic E-state index is 0.0932. The number of rotatable bonds is 11. The fourth-order valence-corrected chi connectivity index (χ4v) is 6.96. The van der Waals surface area contributed by atoms with E-state index in [2.05, 4.69) is 109 Å². The second kappa shape index (κ2) is 12.1. The molecule has 0 saturated carbocycles. The Balaban J connectivity index is 1.94. The molecule has 2 N–H and O–H groups in total. The summed E-state index contributed by atoms with van der Waals surface area (Å²) in [7, 11) is 4.51. The summed E-state index contributed by atoms with van der Waals surface area (Å²) in [5, 5.41) is 7.55. The summed E-state index contributed by atoms with van der Waals surface area (Å²) in [4.78, 5) is 22.5. The monoisotopic (exact) mass is 544 g/mol. The van der Waals surface area contributed by atoms with E-state index < -0.39 is 0 Å². The number of unbranched alkanes of at least 4 members (excludes halogenated alkanes) is 2. The van der Waals surface area contributed by atoms with Crippen molar-refractivity contribution < 1.29 is 0 Å². The van der Waals surface area contributed by atoms with Gasteiger partial charge < -0.3 is 15.5 Å². The lowest BCUT2D eigenvalue weighted by Crippen LogP contribution is -2.61. The molecule has 8 heteroatoms. The van der Waals surface area contributed by atoms with E-state index >= 15 is 0 Å². The summed E-state index contributed by atoms with van der Waals surface area (Å²) < 4.78 is 0. The zero-order chi connectivity index (χ0) is 29.2. The molecule has 2 aliphatic heterocycles. The number of nitrogens with zero attached hydrogens (tertiary/aromatic N) is 6. The maximum Gasteiger partial charge on any atom is 0.231 e. The predicted octanol–water partition coefficient (Wildman–Crippen LogP) is 6.40. The van der Waals surface area contributed by atoms with Crippen LogP contribution in [0.15, 0.2) is 0 Å². The first-order valence-electron chi connectivity index (χ1n) is 15.5. The highest BCUT2D eigenvalue weighted by molar-refractivity contribution is 5.45. The van der Waals surface area contributed by atoms with Crippen LogP contribution in [-0.4, -0.2) is 86.2 Å². The molecule has 3 rings (SSSR count). The van der Waals surface area contributed by atoms with Crippen LogP contribution in [0.4, 0.5) is 17.8 Å². The average molecular weight is 545 g/mol. The van der Waals surface area contributed by atoms with E-state index in [1.54, 1.807) is 0 Å². The number of nitrogens with one attached hydrogen (secondary N) is 2. The molecule has 0 spiro atoms. The fraction of sp³-hybridized carbons (Fsp3) is 0.903. The maximum absolute atomic E-state index is 5.04. The second-order valence-electron chi connectivity index (χ2n) is 14.8. The highest BCUT2D eigenvalue weighted by Crippen LogP contribution is 2.39. The van der Waals surface area contributed by atoms with E-state index in [1.807, 2.05) is 0 Å². The largest absolute Gasteiger partial charge is 0.351 e. The van der Waals surface area contributed by atoms with E-state index in [4.69, 9.17) is 15.0 Å². The molecule has 0 amide bonds. The Hall–Kier alpha value is -1.67. The van der Waals surface area contributed by atoms with Gasteiger partial charge in [-0.05, 0) is 108 Å². The van der Waals surface area contributed by atoms with Crippen LogP contribution in [-0.2, 0) is 0 Å². The fourth-order valence-electron chi connectivity index (χ4n) is 6.96. The van der Waals surface area contributed by atoms with E-state index in [1.165, 1.54) is 0 Å². The standard InChI is InChI=1S/C31H60N8/c1-13-15-17-39(18-16-14-2)27-35-25(32-23-19-28(3,4)37(11)29(5,6)20-23)34-26(36-27)33-24-21-30(7,8)38(12)31(9,10)22-24/h23-24H,13-22H2,1-12H3,(H2,32,33,34,35,36). The molecule has 0 radical (unpaired) electrons. The Kier molecular flexibility index (Phi) is 9.85. The van der Waals surface area contributed by atoms with Crippen LogP contribution in [0.1, 0.15) is 121 Å². The van der Waals surface area contributed by atoms with Gasteiger partial charge in [0.2, 0.25) is 17.8 Å². The number of hydrogen-bond acceptors (Lipinski definition) is 8. The van der Waals surface area contributed by atoms with Crippen molar-refractivity contribution in [1.82, 2.24) is 24.8 Å². The lowest BCUT2D eigenvalue weighted by molar-refractivity contribution is -0.00791. The van der Waals surface area contributed by atoms with Crippen molar-refractivity contribution in [2.45, 2.75) is 155 Å². The second-order valence-corrected chi connectivity index (χ2v) is 14.8. The molecule has 0 aliphatic carbocycles. The van der Waals surface area contributed by atoms with E-state index in [0.29, 0.717) is 24.0 Å². The van der Waals surface area contributed by atoms with Crippen LogP contribution in [0.25, 0.3) is 0 Å². The molecule has 1 aromatic rings. The Labute approximate surface area is 240 Å². The minimum Gasteiger partial charge on any atom is -0.351 e. The van der Waals surface area contributed by atoms with Gasteiger partial charge in [0.1, 0.15) is 0 Å². The van der Waals surface area contributed by atoms with Crippen molar-refractivity contribution in [1.29, 1.82) is 0 Å². The maximum atomic E-state index is 5.04. The molecular weight excluding hydrogens is 484 g/mol. The normalized spacial score (nSPS) is 23.5. The van der Waals surface area contributed by atoms with E-state index in [-0.39, 0.29) is 22.2 Å². The number of likely N-dealkylation sites (tertiary alicyclic amines) is 2. The van der Waals surface area contributed by atoms with Gasteiger partial charge in [-0.15, -0.1) is 0 Å². The van der Waals surface area contributed by atoms with Crippen LogP contribution in [0.2, 0.25) is 0 Å². The molecule has 2 saturated heterocycles. The van der Waals surface area contributed by atoms with E-state index in [0.717, 1.165) is 70.4 Å². The molecule has 2 aliphatic rings. The molecular formula is C31H60N8. The lowest BCUT2D eigenvalue weighted by atomic mass is 9.77. The Morgan fingerprint density at radius 1 is 0.641 bits per heavy atom. The lowest BCUT2D eigenvalue weighted by Gasteiger charge is -2.53. The van der Waals surface area contributed by atoms with Crippen LogP contribution >= 0.6 is 0 Å². The summed E-state index contributed by atoms with van der Waals surface area (Å²) in [6.07, 6.45) is 8.76. The summed E-state index contributed by atoms with van der Waals surface area (Å²) in [5.41, 5.74) is 0.373. The van der Waals surface area contributed by atoms with Crippen molar-refractivity contribution >= 4 is 17.8 Å². The van der Waals surface area contributed by atoms with E-state index in [9.17, 15) is 0 Å². The number of aromatic nitrogens is 3. The molecule has 0 atom stereocenters. The van der Waals surface area contributed by atoms with Gasteiger partial charge in [-0.2, -0.15) is 15.0 Å². The third-order valence-corrected chi connectivity index (χ3v) is 9.75. The quantitative estimate of drug-likeness (QED) is 0.331. The van der Waals surface area contributed by atoms with Crippen molar-refractivity contribution in [2.24, 2.45) is 0 Å². The van der Waals surface area contributed by atoms with Crippen LogP contribution < -0.4 is 15.5 Å². The molecule has 0 aromatic carbocycles. The van der Waals surface area contributed by atoms with Crippen molar-refractivity contribution in [3.8, 4) is 0 Å². The predicted molar refractivity (Wildman–Crippen MR) is 167 cm³/mol. The summed E-state index contributed by atoms with van der Waals surface area (Å²) in [5.74, 6) is 2.20. The molecule has 8 nitrogen and oxygen atoms in total. The van der Waals surface area contributed by atoms with Gasteiger partial charge in [-0.25, -0.2) is 0 Å². The Morgan fingerprint density at radius 2 is 0.974 bits per heavy atom. The van der Waals surface area contributed by atoms with Gasteiger partial charge in [0.25, 0.3) is 0 Å². The first kappa shape index (κ1) is 31.9. The van der Waals surface area contributed by atoms with Gasteiger partial charge in [-0.3, -0.25) is 9.80 Å². The zero-order valence-corrected chi connectivity index (χ0v) is 27.4. The molecule has 0 bridgehead atoms. The SMILES string of the molecule is CCCCN(CCCC)c1nc(NC2CC(C)(C)N(C)C(C)(C)C2)nc(NC2CC(C)(C)N(C)C(C)(C)C2)n1. The topological polar surface area (TPSA) is 72.5 Å². The highest BCUT2D eigenvalue weighted by Gasteiger charge is 2.44. The Morgan fingerprint density at radius 3 is 1.28 bits per heavy atom. The number of hydrogen-bond donors (Lipinski definition) is 2. The molecule has 2 fully saturated rings. The van der Waals surface area contributed by atoms with Gasteiger partial charge in [0.05, 0.1) is 0 Å². The average Bonchev–Trinajstić information content (AvgIpc) is 2.80. The summed E-state index contributed by atoms with van der Waals surface area (Å²) in [6, 6.07) is 0.602. The van der Waals surface area contributed by atoms with Crippen molar-refractivity contribution in [2.75, 3.05) is 42.7 Å². The van der Waals surface area contributed by atoms with Crippen molar-refractivity contribution in [3.63, 3.8) is 0 Å². The molecule has 224 valence electrons. The molecule has 39 heavy (non-hydrogen) atoms. The highest BCUT2D eigenvalue weighted by atomic mass is 15.3. The van der Waals surface area contributed by atoms with Crippen LogP contribution in [0, 0.1) is 0 Å². The summed E-state index contributed by atoms with van der Waals surface area (Å²) in [6.45, 7) is 25.2. The zero-order valence-electron chi connectivity index (χ0n) is 27.4. The first-order chi connectivity index (χ1) is 18.0. The van der Waals surface area contributed by atoms with Gasteiger partial charge >= 0.3 is 0 Å². The molecule has 0 unspecified atom stereocenters. The van der Waals surface area contributed by atoms with Gasteiger partial charge in [-0.1, -0.05) is 26.7 Å². The third kappa shape index (κ3) is 7.75. The van der Waals surface area contributed by atoms with Gasteiger partial charge in [0.15, 0.2) is 0 Å². The minimum absolute atomic E-state index is 0.0932. The van der Waals surface area contributed by atoms with Crippen LogP contribution in [0.3, 0.4) is 0 Å². The smallest absolute Gasteiger partial charge is 0.231 e.